The van der Waals surface area contributed by atoms with Crippen LogP contribution in [0.3, 0.4) is 0 Å². The van der Waals surface area contributed by atoms with Crippen molar-refractivity contribution in [2.45, 2.75) is 58.5 Å². The Hall–Kier alpha value is -1.88. The van der Waals surface area contributed by atoms with Crippen LogP contribution in [0.4, 0.5) is 0 Å². The van der Waals surface area contributed by atoms with Crippen LogP contribution >= 0.6 is 0 Å². The zero-order valence-corrected chi connectivity index (χ0v) is 14.9. The molecule has 0 heterocycles. The molecule has 1 rings (SSSR count). The molecule has 0 saturated carbocycles. The number of carboxylic acid groups (broad SMARTS) is 1. The van der Waals surface area contributed by atoms with Crippen LogP contribution in [-0.4, -0.2) is 35.1 Å². The van der Waals surface area contributed by atoms with Crippen LogP contribution in [0.2, 0.25) is 0 Å². The van der Waals surface area contributed by atoms with E-state index in [1.54, 1.807) is 6.07 Å². The molecule has 1 amide bonds. The highest BCUT2D eigenvalue weighted by molar-refractivity contribution is 5.94. The van der Waals surface area contributed by atoms with Crippen LogP contribution in [0.25, 0.3) is 0 Å². The summed E-state index contributed by atoms with van der Waals surface area (Å²) in [6.07, 6.45) is 0. The molecule has 5 nitrogen and oxygen atoms in total. The van der Waals surface area contributed by atoms with Crippen molar-refractivity contribution in [1.82, 2.24) is 10.6 Å². The fourth-order valence-corrected chi connectivity index (χ4v) is 2.15. The van der Waals surface area contributed by atoms with E-state index in [2.05, 4.69) is 31.4 Å². The molecular weight excluding hydrogens is 292 g/mol. The second-order valence-electron chi connectivity index (χ2n) is 7.83. The number of nitrogens with one attached hydrogen (secondary N) is 2. The van der Waals surface area contributed by atoms with Crippen molar-refractivity contribution >= 4 is 11.9 Å². The maximum absolute atomic E-state index is 12.3. The van der Waals surface area contributed by atoms with Gasteiger partial charge in [-0.2, -0.15) is 0 Å². The topological polar surface area (TPSA) is 78.4 Å². The summed E-state index contributed by atoms with van der Waals surface area (Å²) in [5, 5.41) is 14.9. The molecule has 3 N–H and O–H groups in total. The maximum atomic E-state index is 12.3. The van der Waals surface area contributed by atoms with Gasteiger partial charge in [0.1, 0.15) is 6.04 Å². The first-order valence-electron chi connectivity index (χ1n) is 7.79. The Kier molecular flexibility index (Phi) is 5.94. The average molecular weight is 320 g/mol. The third-order valence-corrected chi connectivity index (χ3v) is 3.36. The van der Waals surface area contributed by atoms with Crippen molar-refractivity contribution in [1.29, 1.82) is 0 Å². The Labute approximate surface area is 138 Å². The number of hydrogen-bond acceptors (Lipinski definition) is 3. The highest BCUT2D eigenvalue weighted by atomic mass is 16.4. The number of rotatable bonds is 5. The lowest BCUT2D eigenvalue weighted by Gasteiger charge is -2.26. The summed E-state index contributed by atoms with van der Waals surface area (Å²) < 4.78 is 0. The smallest absolute Gasteiger partial charge is 0.322 e. The summed E-state index contributed by atoms with van der Waals surface area (Å²) in [5.41, 5.74) is 1.21. The van der Waals surface area contributed by atoms with Crippen LogP contribution in [0, 0.1) is 0 Å². The van der Waals surface area contributed by atoms with Crippen LogP contribution < -0.4 is 10.6 Å². The van der Waals surface area contributed by atoms with E-state index in [-0.39, 0.29) is 23.4 Å². The quantitative estimate of drug-likeness (QED) is 0.779. The van der Waals surface area contributed by atoms with Gasteiger partial charge in [-0.1, -0.05) is 32.9 Å². The summed E-state index contributed by atoms with van der Waals surface area (Å²) in [6, 6.07) is 6.58. The molecule has 1 aromatic carbocycles. The first-order chi connectivity index (χ1) is 10.4. The molecule has 0 aliphatic carbocycles. The highest BCUT2D eigenvalue weighted by Crippen LogP contribution is 2.22. The zero-order valence-electron chi connectivity index (χ0n) is 14.9. The first-order valence-corrected chi connectivity index (χ1v) is 7.79. The predicted octanol–water partition coefficient (Wildman–Crippen LogP) is 2.56. The Morgan fingerprint density at radius 2 is 1.74 bits per heavy atom. The second kappa shape index (κ2) is 7.13. The first kappa shape index (κ1) is 19.2. The normalized spacial score (nSPS) is 13.5. The zero-order chi connectivity index (χ0) is 17.8. The van der Waals surface area contributed by atoms with Crippen LogP contribution in [-0.2, 0) is 10.2 Å². The Morgan fingerprint density at radius 1 is 1.13 bits per heavy atom. The average Bonchev–Trinajstić information content (AvgIpc) is 2.40. The van der Waals surface area contributed by atoms with E-state index >= 15 is 0 Å². The molecule has 0 saturated heterocycles. The van der Waals surface area contributed by atoms with Crippen molar-refractivity contribution in [2.24, 2.45) is 0 Å². The van der Waals surface area contributed by atoms with Gasteiger partial charge in [-0.25, -0.2) is 0 Å². The summed E-state index contributed by atoms with van der Waals surface area (Å²) in [5.74, 6) is -1.25. The molecule has 0 aliphatic rings. The Balaban J connectivity index is 2.78. The van der Waals surface area contributed by atoms with Gasteiger partial charge in [-0.05, 0) is 43.9 Å². The second-order valence-corrected chi connectivity index (χ2v) is 7.83. The molecule has 1 atom stereocenters. The van der Waals surface area contributed by atoms with Gasteiger partial charge in [-0.3, -0.25) is 14.9 Å². The van der Waals surface area contributed by atoms with Crippen molar-refractivity contribution in [3.05, 3.63) is 35.4 Å². The van der Waals surface area contributed by atoms with Crippen molar-refractivity contribution in [2.75, 3.05) is 6.54 Å². The van der Waals surface area contributed by atoms with Crippen LogP contribution in [0.15, 0.2) is 24.3 Å². The number of aliphatic carboxylic acids is 1. The lowest BCUT2D eigenvalue weighted by Crippen LogP contribution is -2.53. The molecule has 5 heteroatoms. The van der Waals surface area contributed by atoms with Gasteiger partial charge in [-0.15, -0.1) is 0 Å². The van der Waals surface area contributed by atoms with Gasteiger partial charge in [0.2, 0.25) is 0 Å². The molecular formula is C18H28N2O3. The van der Waals surface area contributed by atoms with Crippen LogP contribution in [0.1, 0.15) is 57.5 Å². The predicted molar refractivity (Wildman–Crippen MR) is 91.8 cm³/mol. The number of carbonyl (C=O) groups is 2. The fourth-order valence-electron chi connectivity index (χ4n) is 2.15. The molecule has 0 bridgehead atoms. The monoisotopic (exact) mass is 320 g/mol. The lowest BCUT2D eigenvalue weighted by molar-refractivity contribution is -0.139. The summed E-state index contributed by atoms with van der Waals surface area (Å²) >= 11 is 0. The van der Waals surface area contributed by atoms with E-state index in [9.17, 15) is 14.7 Å². The van der Waals surface area contributed by atoms with E-state index < -0.39 is 12.0 Å². The summed E-state index contributed by atoms with van der Waals surface area (Å²) in [4.78, 5) is 23.6. The Bertz CT molecular complexity index is 568. The van der Waals surface area contributed by atoms with E-state index in [1.807, 2.05) is 39.0 Å². The molecule has 0 unspecified atom stereocenters. The van der Waals surface area contributed by atoms with E-state index in [4.69, 9.17) is 0 Å². The molecule has 128 valence electrons. The molecule has 0 spiro atoms. The number of benzene rings is 1. The van der Waals surface area contributed by atoms with E-state index in [1.165, 1.54) is 0 Å². The minimum Gasteiger partial charge on any atom is -0.480 e. The third kappa shape index (κ3) is 6.40. The standard InChI is InChI=1S/C18H28N2O3/c1-17(2,3)13-9-7-8-12(10-13)15(21)19-11-14(16(22)23)20-18(4,5)6/h7-10,14,20H,11H2,1-6H3,(H,19,21)(H,22,23)/t14-/m1/s1. The number of carbonyl (C=O) groups excluding carboxylic acids is 1. The van der Waals surface area contributed by atoms with Gasteiger partial charge >= 0.3 is 5.97 Å². The highest BCUT2D eigenvalue weighted by Gasteiger charge is 2.24. The van der Waals surface area contributed by atoms with Crippen molar-refractivity contribution in [3.63, 3.8) is 0 Å². The van der Waals surface area contributed by atoms with Crippen molar-refractivity contribution in [3.8, 4) is 0 Å². The number of amides is 1. The molecule has 1 aromatic rings. The van der Waals surface area contributed by atoms with Gasteiger partial charge < -0.3 is 10.4 Å². The van der Waals surface area contributed by atoms with E-state index in [0.29, 0.717) is 5.56 Å². The van der Waals surface area contributed by atoms with Gasteiger partial charge in [0.25, 0.3) is 5.91 Å². The molecule has 0 radical (unpaired) electrons. The fraction of sp³-hybridized carbons (Fsp3) is 0.556. The molecule has 0 aromatic heterocycles. The van der Waals surface area contributed by atoms with Gasteiger partial charge in [0.05, 0.1) is 0 Å². The van der Waals surface area contributed by atoms with Crippen LogP contribution in [0.5, 0.6) is 0 Å². The third-order valence-electron chi connectivity index (χ3n) is 3.36. The van der Waals surface area contributed by atoms with Gasteiger partial charge in [0, 0.05) is 17.6 Å². The summed E-state index contributed by atoms with van der Waals surface area (Å²) in [6.45, 7) is 11.9. The molecule has 23 heavy (non-hydrogen) atoms. The number of carboxylic acids is 1. The van der Waals surface area contributed by atoms with E-state index in [0.717, 1.165) is 5.56 Å². The largest absolute Gasteiger partial charge is 0.480 e. The molecule has 0 aliphatic heterocycles. The van der Waals surface area contributed by atoms with Gasteiger partial charge in [0.15, 0.2) is 0 Å². The Morgan fingerprint density at radius 3 is 2.22 bits per heavy atom. The minimum absolute atomic E-state index is 0.0329. The molecule has 0 fully saturated rings. The lowest BCUT2D eigenvalue weighted by atomic mass is 9.86. The minimum atomic E-state index is -0.983. The SMILES string of the molecule is CC(C)(C)N[C@H](CNC(=O)c1cccc(C(C)(C)C)c1)C(=O)O. The van der Waals surface area contributed by atoms with Crippen molar-refractivity contribution < 1.29 is 14.7 Å². The number of hydrogen-bond donors (Lipinski definition) is 3. The summed E-state index contributed by atoms with van der Waals surface area (Å²) in [7, 11) is 0. The maximum Gasteiger partial charge on any atom is 0.322 e.